The Labute approximate surface area is 101 Å². The van der Waals surface area contributed by atoms with Gasteiger partial charge in [-0.3, -0.25) is 4.98 Å². The van der Waals surface area contributed by atoms with Crippen LogP contribution in [0.15, 0.2) is 30.5 Å². The van der Waals surface area contributed by atoms with Crippen LogP contribution in [0.25, 0.3) is 11.3 Å². The van der Waals surface area contributed by atoms with Crippen molar-refractivity contribution in [2.24, 2.45) is 0 Å². The third kappa shape index (κ3) is 2.15. The fraction of sp³-hybridized carbons (Fsp3) is 0. The van der Waals surface area contributed by atoms with Gasteiger partial charge in [-0.25, -0.2) is 8.78 Å². The van der Waals surface area contributed by atoms with Gasteiger partial charge in [-0.05, 0) is 18.2 Å². The summed E-state index contributed by atoms with van der Waals surface area (Å²) in [6, 6.07) is 5.34. The van der Waals surface area contributed by atoms with Crippen molar-refractivity contribution in [1.29, 1.82) is 0 Å². The zero-order chi connectivity index (χ0) is 11.7. The molecule has 0 saturated heterocycles. The molecule has 0 atom stereocenters. The van der Waals surface area contributed by atoms with Crippen molar-refractivity contribution in [3.05, 3.63) is 52.1 Å². The molecule has 0 N–H and O–H groups in total. The van der Waals surface area contributed by atoms with Crippen LogP contribution < -0.4 is 0 Å². The van der Waals surface area contributed by atoms with E-state index in [4.69, 9.17) is 23.2 Å². The van der Waals surface area contributed by atoms with E-state index in [0.717, 1.165) is 12.3 Å². The Balaban J connectivity index is 2.62. The molecule has 0 unspecified atom stereocenters. The first kappa shape index (κ1) is 11.3. The van der Waals surface area contributed by atoms with E-state index in [1.807, 2.05) is 0 Å². The molecule has 16 heavy (non-hydrogen) atoms. The van der Waals surface area contributed by atoms with Crippen LogP contribution in [0.5, 0.6) is 0 Å². The van der Waals surface area contributed by atoms with Gasteiger partial charge in [0.2, 0.25) is 0 Å². The minimum absolute atomic E-state index is 0.0195. The molecule has 0 fully saturated rings. The Kier molecular flexibility index (Phi) is 3.08. The van der Waals surface area contributed by atoms with Crippen LogP contribution >= 0.6 is 23.2 Å². The van der Waals surface area contributed by atoms with E-state index >= 15 is 0 Å². The van der Waals surface area contributed by atoms with E-state index < -0.39 is 11.6 Å². The van der Waals surface area contributed by atoms with Gasteiger partial charge < -0.3 is 0 Å². The fourth-order valence-electron chi connectivity index (χ4n) is 1.29. The van der Waals surface area contributed by atoms with Crippen LogP contribution in [0, 0.1) is 11.6 Å². The van der Waals surface area contributed by atoms with Gasteiger partial charge >= 0.3 is 0 Å². The topological polar surface area (TPSA) is 12.9 Å². The van der Waals surface area contributed by atoms with Gasteiger partial charge in [-0.15, -0.1) is 0 Å². The third-order valence-electron chi connectivity index (χ3n) is 1.99. The number of aromatic nitrogens is 1. The average Bonchev–Trinajstić information content (AvgIpc) is 2.22. The minimum atomic E-state index is -0.774. The normalized spacial score (nSPS) is 10.5. The summed E-state index contributed by atoms with van der Waals surface area (Å²) in [6.45, 7) is 0. The van der Waals surface area contributed by atoms with Crippen LogP contribution in [-0.2, 0) is 0 Å². The molecule has 0 aliphatic heterocycles. The predicted octanol–water partition coefficient (Wildman–Crippen LogP) is 4.33. The summed E-state index contributed by atoms with van der Waals surface area (Å²) in [5.74, 6) is -1.51. The monoisotopic (exact) mass is 259 g/mol. The van der Waals surface area contributed by atoms with Crippen molar-refractivity contribution in [2.75, 3.05) is 0 Å². The Hall–Kier alpha value is -1.19. The Morgan fingerprint density at radius 1 is 1.06 bits per heavy atom. The first-order valence-electron chi connectivity index (χ1n) is 4.34. The standard InChI is InChI=1S/C11H5Cl2F2N/c12-6-1-2-9(13)8(3-6)11-10(15)4-7(14)5-16-11/h1-5H. The molecule has 0 saturated carbocycles. The molecule has 0 radical (unpaired) electrons. The van der Waals surface area contributed by atoms with E-state index in [-0.39, 0.29) is 5.69 Å². The summed E-state index contributed by atoms with van der Waals surface area (Å²) < 4.78 is 26.1. The summed E-state index contributed by atoms with van der Waals surface area (Å²) in [6.07, 6.45) is 0.926. The molecule has 0 aliphatic carbocycles. The fourth-order valence-corrected chi connectivity index (χ4v) is 1.67. The lowest BCUT2D eigenvalue weighted by molar-refractivity contribution is 0.576. The van der Waals surface area contributed by atoms with Gasteiger partial charge in [0, 0.05) is 16.7 Å². The summed E-state index contributed by atoms with van der Waals surface area (Å²) >= 11 is 11.7. The molecule has 2 aromatic rings. The van der Waals surface area contributed by atoms with E-state index in [1.54, 1.807) is 6.07 Å². The molecule has 1 nitrogen and oxygen atoms in total. The highest BCUT2D eigenvalue weighted by atomic mass is 35.5. The van der Waals surface area contributed by atoms with Crippen molar-refractivity contribution in [2.45, 2.75) is 0 Å². The first-order valence-corrected chi connectivity index (χ1v) is 5.10. The summed E-state index contributed by atoms with van der Waals surface area (Å²) in [5, 5.41) is 0.715. The van der Waals surface area contributed by atoms with Gasteiger partial charge in [0.05, 0.1) is 11.2 Å². The number of benzene rings is 1. The lowest BCUT2D eigenvalue weighted by Crippen LogP contribution is -1.91. The van der Waals surface area contributed by atoms with Crippen molar-refractivity contribution < 1.29 is 8.78 Å². The maximum Gasteiger partial charge on any atom is 0.152 e. The number of hydrogen-bond donors (Lipinski definition) is 0. The van der Waals surface area contributed by atoms with Gasteiger partial charge in [0.1, 0.15) is 11.5 Å². The van der Waals surface area contributed by atoms with Gasteiger partial charge in [0.15, 0.2) is 5.82 Å². The number of halogens is 4. The maximum absolute atomic E-state index is 13.4. The highest BCUT2D eigenvalue weighted by molar-refractivity contribution is 6.35. The van der Waals surface area contributed by atoms with Crippen molar-refractivity contribution in [3.8, 4) is 11.3 Å². The maximum atomic E-state index is 13.4. The van der Waals surface area contributed by atoms with Gasteiger partial charge in [0.25, 0.3) is 0 Å². The molecular formula is C11H5Cl2F2N. The lowest BCUT2D eigenvalue weighted by Gasteiger charge is -2.05. The zero-order valence-electron chi connectivity index (χ0n) is 7.85. The predicted molar refractivity (Wildman–Crippen MR) is 59.6 cm³/mol. The molecule has 1 aromatic heterocycles. The lowest BCUT2D eigenvalue weighted by atomic mass is 10.1. The number of pyridine rings is 1. The third-order valence-corrected chi connectivity index (χ3v) is 2.56. The Bertz CT molecular complexity index is 544. The molecule has 2 rings (SSSR count). The quantitative estimate of drug-likeness (QED) is 0.743. The summed E-state index contributed by atoms with van der Waals surface area (Å²) in [7, 11) is 0. The second-order valence-electron chi connectivity index (χ2n) is 3.11. The van der Waals surface area contributed by atoms with Crippen molar-refractivity contribution in [3.63, 3.8) is 0 Å². The highest BCUT2D eigenvalue weighted by Gasteiger charge is 2.11. The van der Waals surface area contributed by atoms with Gasteiger partial charge in [-0.1, -0.05) is 23.2 Å². The summed E-state index contributed by atoms with van der Waals surface area (Å²) in [4.78, 5) is 3.66. The molecule has 1 aromatic carbocycles. The molecule has 82 valence electrons. The van der Waals surface area contributed by atoms with E-state index in [9.17, 15) is 8.78 Å². The highest BCUT2D eigenvalue weighted by Crippen LogP contribution is 2.30. The van der Waals surface area contributed by atoms with E-state index in [0.29, 0.717) is 15.6 Å². The van der Waals surface area contributed by atoms with E-state index in [1.165, 1.54) is 12.1 Å². The smallest absolute Gasteiger partial charge is 0.152 e. The largest absolute Gasteiger partial charge is 0.250 e. The van der Waals surface area contributed by atoms with Crippen molar-refractivity contribution in [1.82, 2.24) is 4.98 Å². The van der Waals surface area contributed by atoms with Crippen LogP contribution in [-0.4, -0.2) is 4.98 Å². The molecule has 0 aliphatic rings. The first-order chi connectivity index (χ1) is 7.58. The SMILES string of the molecule is Fc1cnc(-c2cc(Cl)ccc2Cl)c(F)c1. The average molecular weight is 260 g/mol. The second-order valence-corrected chi connectivity index (χ2v) is 3.95. The minimum Gasteiger partial charge on any atom is -0.250 e. The van der Waals surface area contributed by atoms with Crippen LogP contribution in [0.4, 0.5) is 8.78 Å². The molecule has 0 spiro atoms. The van der Waals surface area contributed by atoms with Gasteiger partial charge in [-0.2, -0.15) is 0 Å². The number of nitrogens with zero attached hydrogens (tertiary/aromatic N) is 1. The molecule has 1 heterocycles. The molecular weight excluding hydrogens is 255 g/mol. The Morgan fingerprint density at radius 3 is 2.50 bits per heavy atom. The van der Waals surface area contributed by atoms with Crippen LogP contribution in [0.3, 0.4) is 0 Å². The van der Waals surface area contributed by atoms with Crippen LogP contribution in [0.1, 0.15) is 0 Å². The number of rotatable bonds is 1. The van der Waals surface area contributed by atoms with E-state index in [2.05, 4.69) is 4.98 Å². The number of hydrogen-bond acceptors (Lipinski definition) is 1. The molecule has 0 bridgehead atoms. The zero-order valence-corrected chi connectivity index (χ0v) is 9.36. The Morgan fingerprint density at radius 2 is 1.81 bits per heavy atom. The second kappa shape index (κ2) is 4.36. The summed E-state index contributed by atoms with van der Waals surface area (Å²) in [5.41, 5.74) is 0.320. The molecule has 5 heteroatoms. The van der Waals surface area contributed by atoms with Crippen molar-refractivity contribution >= 4 is 23.2 Å². The van der Waals surface area contributed by atoms with Crippen LogP contribution in [0.2, 0.25) is 10.0 Å². The molecule has 0 amide bonds.